The number of aromatic nitrogens is 1. The van der Waals surface area contributed by atoms with Gasteiger partial charge in [0.15, 0.2) is 0 Å². The number of pyridine rings is 1. The lowest BCUT2D eigenvalue weighted by Gasteiger charge is -2.15. The molecule has 3 rings (SSSR count). The Morgan fingerprint density at radius 3 is 2.46 bits per heavy atom. The van der Waals surface area contributed by atoms with Crippen molar-refractivity contribution in [1.29, 1.82) is 0 Å². The lowest BCUT2D eigenvalue weighted by Crippen LogP contribution is -2.04. The lowest BCUT2D eigenvalue weighted by atomic mass is 9.92. The number of hydrogen-bond donors (Lipinski definition) is 1. The number of nitrogens with zero attached hydrogens (tertiary/aromatic N) is 1. The molecule has 1 heterocycles. The standard InChI is InChI=1S/C23H20ClNO3/c1-15(16-7-4-3-5-8-16)19(17-11-12-20(24)22(13-17)28-2)14-18-9-6-10-21(25-18)23(26)27/h3-13H,14H2,1-2H3,(H,26,27)/b19-15+. The minimum absolute atomic E-state index is 0.0305. The van der Waals surface area contributed by atoms with Gasteiger partial charge in [-0.15, -0.1) is 0 Å². The first-order chi connectivity index (χ1) is 13.5. The molecule has 0 atom stereocenters. The van der Waals surface area contributed by atoms with E-state index in [-0.39, 0.29) is 5.69 Å². The average molecular weight is 394 g/mol. The Hall–Kier alpha value is -3.11. The maximum atomic E-state index is 11.3. The summed E-state index contributed by atoms with van der Waals surface area (Å²) in [4.78, 5) is 15.6. The SMILES string of the molecule is COc1cc(/C(Cc2cccc(C(=O)O)n2)=C(\C)c2ccccc2)ccc1Cl. The van der Waals surface area contributed by atoms with Gasteiger partial charge < -0.3 is 9.84 Å². The summed E-state index contributed by atoms with van der Waals surface area (Å²) in [5.74, 6) is -0.454. The van der Waals surface area contributed by atoms with Crippen molar-refractivity contribution < 1.29 is 14.6 Å². The summed E-state index contributed by atoms with van der Waals surface area (Å²) in [5.41, 5.74) is 4.84. The predicted molar refractivity (Wildman–Crippen MR) is 112 cm³/mol. The number of carboxylic acid groups (broad SMARTS) is 1. The number of allylic oxidation sites excluding steroid dienone is 2. The van der Waals surface area contributed by atoms with Gasteiger partial charge in [-0.2, -0.15) is 0 Å². The van der Waals surface area contributed by atoms with Crippen LogP contribution < -0.4 is 4.74 Å². The Labute approximate surface area is 169 Å². The third kappa shape index (κ3) is 4.41. The van der Waals surface area contributed by atoms with Gasteiger partial charge >= 0.3 is 5.97 Å². The summed E-state index contributed by atoms with van der Waals surface area (Å²) in [5, 5.41) is 9.78. The molecular weight excluding hydrogens is 374 g/mol. The molecule has 5 heteroatoms. The quantitative estimate of drug-likeness (QED) is 0.552. The second-order valence-corrected chi connectivity index (χ2v) is 6.72. The smallest absolute Gasteiger partial charge is 0.354 e. The average Bonchev–Trinajstić information content (AvgIpc) is 2.73. The molecule has 2 aromatic carbocycles. The van der Waals surface area contributed by atoms with Crippen molar-refractivity contribution in [3.05, 3.63) is 94.3 Å². The molecule has 0 aliphatic carbocycles. The molecule has 0 aliphatic rings. The number of aromatic carboxylic acids is 1. The van der Waals surface area contributed by atoms with Gasteiger partial charge in [-0.05, 0) is 53.5 Å². The topological polar surface area (TPSA) is 59.4 Å². The summed E-state index contributed by atoms with van der Waals surface area (Å²) in [6.07, 6.45) is 0.479. The fraction of sp³-hybridized carbons (Fsp3) is 0.130. The molecule has 0 amide bonds. The van der Waals surface area contributed by atoms with E-state index in [0.29, 0.717) is 22.9 Å². The van der Waals surface area contributed by atoms with Gasteiger partial charge in [-0.3, -0.25) is 0 Å². The third-order valence-corrected chi connectivity index (χ3v) is 4.86. The second-order valence-electron chi connectivity index (χ2n) is 6.31. The second kappa shape index (κ2) is 8.72. The van der Waals surface area contributed by atoms with Gasteiger partial charge in [-0.1, -0.05) is 54.1 Å². The lowest BCUT2D eigenvalue weighted by molar-refractivity contribution is 0.0690. The molecule has 0 fully saturated rings. The molecule has 0 unspecified atom stereocenters. The first-order valence-corrected chi connectivity index (χ1v) is 9.15. The number of rotatable bonds is 6. The number of halogens is 1. The normalized spacial score (nSPS) is 11.7. The van der Waals surface area contributed by atoms with Gasteiger partial charge in [0.2, 0.25) is 0 Å². The van der Waals surface area contributed by atoms with Crippen molar-refractivity contribution in [2.24, 2.45) is 0 Å². The van der Waals surface area contributed by atoms with Gasteiger partial charge in [0.1, 0.15) is 11.4 Å². The first kappa shape index (κ1) is 19.6. The van der Waals surface area contributed by atoms with Crippen LogP contribution in [-0.4, -0.2) is 23.2 Å². The highest BCUT2D eigenvalue weighted by molar-refractivity contribution is 6.32. The number of ether oxygens (including phenoxy) is 1. The summed E-state index contributed by atoms with van der Waals surface area (Å²) in [6.45, 7) is 2.05. The van der Waals surface area contributed by atoms with E-state index in [4.69, 9.17) is 16.3 Å². The zero-order valence-corrected chi connectivity index (χ0v) is 16.4. The maximum Gasteiger partial charge on any atom is 0.354 e. The highest BCUT2D eigenvalue weighted by Gasteiger charge is 2.14. The number of carboxylic acids is 1. The molecule has 3 aromatic rings. The largest absolute Gasteiger partial charge is 0.495 e. The van der Waals surface area contributed by atoms with E-state index < -0.39 is 5.97 Å². The molecule has 0 spiro atoms. The van der Waals surface area contributed by atoms with Gasteiger partial charge in [0.05, 0.1) is 12.1 Å². The van der Waals surface area contributed by atoms with Crippen molar-refractivity contribution in [2.45, 2.75) is 13.3 Å². The minimum Gasteiger partial charge on any atom is -0.495 e. The van der Waals surface area contributed by atoms with Crippen LogP contribution in [0.3, 0.4) is 0 Å². The van der Waals surface area contributed by atoms with Crippen molar-refractivity contribution in [2.75, 3.05) is 7.11 Å². The Kier molecular flexibility index (Phi) is 6.12. The van der Waals surface area contributed by atoms with Crippen molar-refractivity contribution in [3.8, 4) is 5.75 Å². The molecule has 0 saturated carbocycles. The molecule has 0 aliphatic heterocycles. The van der Waals surface area contributed by atoms with Crippen LogP contribution in [0.5, 0.6) is 5.75 Å². The molecule has 0 bridgehead atoms. The van der Waals surface area contributed by atoms with Crippen LogP contribution in [0.2, 0.25) is 5.02 Å². The minimum atomic E-state index is -1.04. The van der Waals surface area contributed by atoms with Crippen LogP contribution in [0.25, 0.3) is 11.1 Å². The zero-order chi connectivity index (χ0) is 20.1. The Morgan fingerprint density at radius 2 is 1.79 bits per heavy atom. The Morgan fingerprint density at radius 1 is 1.04 bits per heavy atom. The van der Waals surface area contributed by atoms with Gasteiger partial charge in [0, 0.05) is 12.1 Å². The van der Waals surface area contributed by atoms with E-state index >= 15 is 0 Å². The van der Waals surface area contributed by atoms with Crippen LogP contribution in [-0.2, 0) is 6.42 Å². The number of methoxy groups -OCH3 is 1. The highest BCUT2D eigenvalue weighted by Crippen LogP contribution is 2.33. The summed E-state index contributed by atoms with van der Waals surface area (Å²) in [6, 6.07) is 20.7. The number of benzene rings is 2. The summed E-state index contributed by atoms with van der Waals surface area (Å²) in [7, 11) is 1.58. The number of hydrogen-bond acceptors (Lipinski definition) is 3. The highest BCUT2D eigenvalue weighted by atomic mass is 35.5. The molecule has 1 aromatic heterocycles. The summed E-state index contributed by atoms with van der Waals surface area (Å²) >= 11 is 6.19. The van der Waals surface area contributed by atoms with Gasteiger partial charge in [-0.25, -0.2) is 9.78 Å². The Balaban J connectivity index is 2.13. The van der Waals surface area contributed by atoms with E-state index in [1.165, 1.54) is 6.07 Å². The number of carbonyl (C=O) groups is 1. The molecule has 28 heavy (non-hydrogen) atoms. The first-order valence-electron chi connectivity index (χ1n) is 8.78. The molecule has 1 N–H and O–H groups in total. The van der Waals surface area contributed by atoms with E-state index in [1.807, 2.05) is 55.5 Å². The maximum absolute atomic E-state index is 11.3. The van der Waals surface area contributed by atoms with E-state index in [9.17, 15) is 9.90 Å². The van der Waals surface area contributed by atoms with Crippen LogP contribution in [0, 0.1) is 0 Å². The van der Waals surface area contributed by atoms with Crippen molar-refractivity contribution in [1.82, 2.24) is 4.98 Å². The summed E-state index contributed by atoms with van der Waals surface area (Å²) < 4.78 is 5.37. The molecular formula is C23H20ClNO3. The molecule has 142 valence electrons. The third-order valence-electron chi connectivity index (χ3n) is 4.54. The van der Waals surface area contributed by atoms with Crippen LogP contribution in [0.15, 0.2) is 66.7 Å². The van der Waals surface area contributed by atoms with E-state index in [1.54, 1.807) is 19.2 Å². The monoisotopic (exact) mass is 393 g/mol. The molecule has 0 saturated heterocycles. The fourth-order valence-electron chi connectivity index (χ4n) is 3.04. The predicted octanol–water partition coefficient (Wildman–Crippen LogP) is 5.62. The van der Waals surface area contributed by atoms with Crippen LogP contribution >= 0.6 is 11.6 Å². The van der Waals surface area contributed by atoms with Crippen molar-refractivity contribution in [3.63, 3.8) is 0 Å². The van der Waals surface area contributed by atoms with Gasteiger partial charge in [0.25, 0.3) is 0 Å². The fourth-order valence-corrected chi connectivity index (χ4v) is 3.23. The van der Waals surface area contributed by atoms with E-state index in [0.717, 1.165) is 22.3 Å². The molecule has 4 nitrogen and oxygen atoms in total. The Bertz CT molecular complexity index is 1030. The van der Waals surface area contributed by atoms with Crippen LogP contribution in [0.4, 0.5) is 0 Å². The van der Waals surface area contributed by atoms with Crippen molar-refractivity contribution >= 4 is 28.7 Å². The molecule has 0 radical (unpaired) electrons. The zero-order valence-electron chi connectivity index (χ0n) is 15.6. The van der Waals surface area contributed by atoms with E-state index in [2.05, 4.69) is 4.98 Å². The van der Waals surface area contributed by atoms with Crippen LogP contribution in [0.1, 0.15) is 34.2 Å².